The van der Waals surface area contributed by atoms with E-state index in [2.05, 4.69) is 133 Å². The van der Waals surface area contributed by atoms with E-state index in [1.54, 1.807) is 11.1 Å². The van der Waals surface area contributed by atoms with Crippen molar-refractivity contribution in [2.75, 3.05) is 0 Å². The maximum absolute atomic E-state index is 2.55. The zero-order chi connectivity index (χ0) is 40.0. The van der Waals surface area contributed by atoms with E-state index in [0.717, 1.165) is 52.8 Å². The number of fused-ring (bicyclic) bond motifs is 9. The van der Waals surface area contributed by atoms with E-state index >= 15 is 0 Å². The van der Waals surface area contributed by atoms with Gasteiger partial charge >= 0.3 is 0 Å². The van der Waals surface area contributed by atoms with Crippen molar-refractivity contribution >= 4 is 74.6 Å². The lowest BCUT2D eigenvalue weighted by Gasteiger charge is -2.55. The number of hydrogen-bond donors (Lipinski definition) is 0. The van der Waals surface area contributed by atoms with E-state index in [4.69, 9.17) is 0 Å². The van der Waals surface area contributed by atoms with Gasteiger partial charge in [0.1, 0.15) is 0 Å². The predicted octanol–water partition coefficient (Wildman–Crippen LogP) is 17.1. The molecule has 9 aromatic rings. The van der Waals surface area contributed by atoms with Gasteiger partial charge < -0.3 is 0 Å². The van der Waals surface area contributed by atoms with Gasteiger partial charge in [-0.2, -0.15) is 0 Å². The van der Waals surface area contributed by atoms with Gasteiger partial charge in [0.05, 0.1) is 0 Å². The Bertz CT molecular complexity index is 3250. The Morgan fingerprint density at radius 1 is 0.387 bits per heavy atom. The van der Waals surface area contributed by atoms with Crippen LogP contribution in [-0.4, -0.2) is 0 Å². The van der Waals surface area contributed by atoms with Gasteiger partial charge in [-0.25, -0.2) is 0 Å². The summed E-state index contributed by atoms with van der Waals surface area (Å²) in [6.07, 6.45) is 14.8. The molecule has 62 heavy (non-hydrogen) atoms. The highest BCUT2D eigenvalue weighted by atomic mass is 32.1. The van der Waals surface area contributed by atoms with E-state index in [1.165, 1.54) is 150 Å². The second-order valence-corrected chi connectivity index (χ2v) is 23.1. The predicted molar refractivity (Wildman–Crippen MR) is 262 cm³/mol. The summed E-state index contributed by atoms with van der Waals surface area (Å²) in [6.45, 7) is 0. The summed E-state index contributed by atoms with van der Waals surface area (Å²) in [5.41, 5.74) is 9.68. The lowest BCUT2D eigenvalue weighted by atomic mass is 9.50. The molecule has 8 saturated carbocycles. The monoisotopic (exact) mass is 816 g/mol. The standard InChI is InChI=1S/C61H52S/c1-5-14-47-43(10-1)56(44-11-2-6-15-48(44)58(47)54-36-23-33-22-34(25-36)26-37(54)24-33)35-20-21-42-51-18-9-19-52(60(51)62-53(42)29-35)57-45-12-3-7-16-49(45)59(50-17-8-4-13-46(50)57)55-38-27-40-30-41-28-39(55)32-61(40,41)31-38/h1-21,29,33-34,36-41,54-55H,22-28,30-32H2. The van der Waals surface area contributed by atoms with Crippen molar-refractivity contribution in [3.05, 3.63) is 145 Å². The molecule has 17 rings (SSSR count). The lowest BCUT2D eigenvalue weighted by Crippen LogP contribution is -2.43. The minimum atomic E-state index is 0.689. The Morgan fingerprint density at radius 2 is 0.871 bits per heavy atom. The molecular weight excluding hydrogens is 765 g/mol. The molecule has 0 nitrogen and oxygen atoms in total. The fourth-order valence-electron chi connectivity index (χ4n) is 17.9. The summed E-state index contributed by atoms with van der Waals surface area (Å²) >= 11 is 2.02. The molecule has 8 aliphatic carbocycles. The summed E-state index contributed by atoms with van der Waals surface area (Å²) in [7, 11) is 0. The fourth-order valence-corrected chi connectivity index (χ4v) is 19.1. The molecule has 1 heteroatoms. The summed E-state index contributed by atoms with van der Waals surface area (Å²) in [5.74, 6) is 8.77. The minimum absolute atomic E-state index is 0.689. The normalized spacial score (nSPS) is 32.6. The maximum atomic E-state index is 2.55. The van der Waals surface area contributed by atoms with Crippen LogP contribution in [0.4, 0.5) is 0 Å². The Morgan fingerprint density at radius 3 is 1.42 bits per heavy atom. The van der Waals surface area contributed by atoms with Gasteiger partial charge in [-0.3, -0.25) is 0 Å². The number of benzene rings is 8. The largest absolute Gasteiger partial charge is 0.135 e. The molecule has 1 spiro atoms. The average Bonchev–Trinajstić information content (AvgIpc) is 3.87. The maximum Gasteiger partial charge on any atom is 0.0434 e. The highest BCUT2D eigenvalue weighted by molar-refractivity contribution is 7.26. The number of hydrogen-bond acceptors (Lipinski definition) is 1. The molecule has 8 aliphatic rings. The van der Waals surface area contributed by atoms with Crippen LogP contribution in [-0.2, 0) is 0 Å². The SMILES string of the molecule is c1ccc2c(C3C4CC5CC(C4)CC3C5)c3ccccc3c(-c3ccc4c(c3)sc3c(-c5c6ccccc6c(C6C7CC8CC9CC6CC89C7)c6ccccc56)cccc34)c2c1. The third-order valence-corrected chi connectivity index (χ3v) is 20.8. The van der Waals surface area contributed by atoms with Gasteiger partial charge in [0, 0.05) is 25.7 Å². The van der Waals surface area contributed by atoms with Crippen molar-refractivity contribution < 1.29 is 0 Å². The Balaban J connectivity index is 0.887. The first kappa shape index (κ1) is 34.5. The highest BCUT2D eigenvalue weighted by Crippen LogP contribution is 2.78. The summed E-state index contributed by atoms with van der Waals surface area (Å²) < 4.78 is 2.81. The quantitative estimate of drug-likeness (QED) is 0.155. The van der Waals surface area contributed by atoms with Gasteiger partial charge in [0.25, 0.3) is 0 Å². The molecule has 4 unspecified atom stereocenters. The zero-order valence-corrected chi connectivity index (χ0v) is 36.3. The fraction of sp³-hybridized carbons (Fsp3) is 0.344. The van der Waals surface area contributed by atoms with Gasteiger partial charge in [0.2, 0.25) is 0 Å². The van der Waals surface area contributed by atoms with Gasteiger partial charge in [0.15, 0.2) is 0 Å². The van der Waals surface area contributed by atoms with E-state index in [0.29, 0.717) is 11.8 Å². The molecule has 0 saturated heterocycles. The van der Waals surface area contributed by atoms with Gasteiger partial charge in [-0.15, -0.1) is 11.3 Å². The second kappa shape index (κ2) is 12.2. The smallest absolute Gasteiger partial charge is 0.0434 e. The third kappa shape index (κ3) is 4.35. The van der Waals surface area contributed by atoms with Gasteiger partial charge in [-0.1, -0.05) is 127 Å². The molecule has 0 N–H and O–H groups in total. The average molecular weight is 817 g/mol. The summed E-state index contributed by atoms with van der Waals surface area (Å²) in [4.78, 5) is 0. The minimum Gasteiger partial charge on any atom is -0.135 e. The van der Waals surface area contributed by atoms with Crippen LogP contribution in [0.1, 0.15) is 87.2 Å². The molecule has 4 atom stereocenters. The van der Waals surface area contributed by atoms with Crippen LogP contribution in [0.3, 0.4) is 0 Å². The lowest BCUT2D eigenvalue weighted by molar-refractivity contribution is -0.00185. The van der Waals surface area contributed by atoms with Crippen LogP contribution in [0.15, 0.2) is 133 Å². The molecule has 1 heterocycles. The van der Waals surface area contributed by atoms with Crippen LogP contribution in [0.25, 0.3) is 85.5 Å². The van der Waals surface area contributed by atoms with Crippen LogP contribution in [0.5, 0.6) is 0 Å². The van der Waals surface area contributed by atoms with E-state index in [-0.39, 0.29) is 0 Å². The Labute approximate surface area is 368 Å². The second-order valence-electron chi connectivity index (χ2n) is 22.0. The van der Waals surface area contributed by atoms with E-state index in [9.17, 15) is 0 Å². The van der Waals surface area contributed by atoms with E-state index in [1.807, 2.05) is 11.3 Å². The van der Waals surface area contributed by atoms with Crippen LogP contribution < -0.4 is 0 Å². The summed E-state index contributed by atoms with van der Waals surface area (Å²) in [6, 6.07) is 52.8. The molecule has 7 bridgehead atoms. The van der Waals surface area contributed by atoms with Crippen LogP contribution in [0.2, 0.25) is 0 Å². The molecule has 302 valence electrons. The van der Waals surface area contributed by atoms with Crippen molar-refractivity contribution in [1.29, 1.82) is 0 Å². The molecule has 0 radical (unpaired) electrons. The van der Waals surface area contributed by atoms with E-state index < -0.39 is 0 Å². The first-order chi connectivity index (χ1) is 30.7. The molecule has 0 aliphatic heterocycles. The molecule has 1 aromatic heterocycles. The summed E-state index contributed by atoms with van der Waals surface area (Å²) in [5, 5.41) is 14.6. The first-order valence-corrected chi connectivity index (χ1v) is 25.3. The number of thiophene rings is 1. The van der Waals surface area contributed by atoms with Crippen molar-refractivity contribution in [3.8, 4) is 22.3 Å². The Kier molecular flexibility index (Phi) is 6.77. The van der Waals surface area contributed by atoms with Crippen LogP contribution >= 0.6 is 11.3 Å². The third-order valence-electron chi connectivity index (χ3n) is 19.6. The molecular formula is C61H52S. The number of rotatable bonds is 4. The zero-order valence-electron chi connectivity index (χ0n) is 35.5. The Hall–Kier alpha value is -4.98. The van der Waals surface area contributed by atoms with Crippen molar-refractivity contribution in [1.82, 2.24) is 0 Å². The van der Waals surface area contributed by atoms with Crippen LogP contribution in [0, 0.1) is 52.8 Å². The van der Waals surface area contributed by atoms with Crippen molar-refractivity contribution in [2.24, 2.45) is 52.8 Å². The molecule has 8 fully saturated rings. The van der Waals surface area contributed by atoms with Crippen molar-refractivity contribution in [3.63, 3.8) is 0 Å². The first-order valence-electron chi connectivity index (χ1n) is 24.5. The van der Waals surface area contributed by atoms with Crippen molar-refractivity contribution in [2.45, 2.75) is 76.0 Å². The topological polar surface area (TPSA) is 0 Å². The van der Waals surface area contributed by atoms with Gasteiger partial charge in [-0.05, 0) is 206 Å². The molecule has 0 amide bonds. The molecule has 8 aromatic carbocycles. The highest BCUT2D eigenvalue weighted by Gasteiger charge is 2.69.